The third-order valence-electron chi connectivity index (χ3n) is 2.65. The maximum atomic E-state index is 10.8. The summed E-state index contributed by atoms with van der Waals surface area (Å²) in [5, 5.41) is 9.91. The lowest BCUT2D eigenvalue weighted by Gasteiger charge is -2.22. The molecular weight excluding hydrogens is 232 g/mol. The van der Waals surface area contributed by atoms with Crippen LogP contribution in [0.5, 0.6) is 0 Å². The van der Waals surface area contributed by atoms with Crippen LogP contribution < -0.4 is 0 Å². The normalized spacial score (nSPS) is 38.8. The van der Waals surface area contributed by atoms with Crippen molar-refractivity contribution in [3.8, 4) is 0 Å². The predicted octanol–water partition coefficient (Wildman–Crippen LogP) is 0.00670. The summed E-state index contributed by atoms with van der Waals surface area (Å²) in [5.74, 6) is -0.773. The molecule has 0 unspecified atom stereocenters. The third kappa shape index (κ3) is 2.52. The van der Waals surface area contributed by atoms with Crippen LogP contribution in [0, 0.1) is 0 Å². The van der Waals surface area contributed by atoms with Crippen LogP contribution in [0.15, 0.2) is 0 Å². The Morgan fingerprint density at radius 1 is 1.41 bits per heavy atom. The van der Waals surface area contributed by atoms with Crippen molar-refractivity contribution >= 4 is 6.16 Å². The fourth-order valence-electron chi connectivity index (χ4n) is 1.91. The molecule has 2 aliphatic rings. The maximum Gasteiger partial charge on any atom is 0.508 e. The van der Waals surface area contributed by atoms with Crippen molar-refractivity contribution in [3.05, 3.63) is 0 Å². The first-order valence-corrected chi connectivity index (χ1v) is 5.33. The Bertz CT molecular complexity index is 303. The zero-order valence-electron chi connectivity index (χ0n) is 9.91. The monoisotopic (exact) mass is 248 g/mol. The Morgan fingerprint density at radius 2 is 2.12 bits per heavy atom. The van der Waals surface area contributed by atoms with E-state index in [0.717, 1.165) is 0 Å². The van der Waals surface area contributed by atoms with E-state index >= 15 is 0 Å². The van der Waals surface area contributed by atoms with Crippen molar-refractivity contribution in [3.63, 3.8) is 0 Å². The van der Waals surface area contributed by atoms with Gasteiger partial charge in [-0.3, -0.25) is 0 Å². The minimum Gasteiger partial charge on any atom is -0.438 e. The fraction of sp³-hybridized carbons (Fsp3) is 0.900. The van der Waals surface area contributed by atoms with E-state index in [1.54, 1.807) is 13.8 Å². The molecule has 2 heterocycles. The van der Waals surface area contributed by atoms with Gasteiger partial charge in [0, 0.05) is 0 Å². The van der Waals surface area contributed by atoms with Crippen LogP contribution in [0.2, 0.25) is 0 Å². The summed E-state index contributed by atoms with van der Waals surface area (Å²) in [4.78, 5) is 10.8. The number of rotatable bonds is 2. The lowest BCUT2D eigenvalue weighted by atomic mass is 10.1. The van der Waals surface area contributed by atoms with Crippen LogP contribution in [0.4, 0.5) is 4.79 Å². The lowest BCUT2D eigenvalue weighted by molar-refractivity contribution is -0.218. The van der Waals surface area contributed by atoms with Crippen LogP contribution >= 0.6 is 0 Å². The molecule has 2 rings (SSSR count). The van der Waals surface area contributed by atoms with Crippen molar-refractivity contribution in [2.45, 2.75) is 44.2 Å². The molecule has 2 saturated heterocycles. The third-order valence-corrected chi connectivity index (χ3v) is 2.65. The largest absolute Gasteiger partial charge is 0.508 e. The molecule has 0 radical (unpaired) electrons. The molecule has 7 nitrogen and oxygen atoms in total. The Kier molecular flexibility index (Phi) is 3.26. The molecule has 1 N–H and O–H groups in total. The fourth-order valence-corrected chi connectivity index (χ4v) is 1.91. The van der Waals surface area contributed by atoms with Gasteiger partial charge in [-0.2, -0.15) is 0 Å². The number of methoxy groups -OCH3 is 1. The van der Waals surface area contributed by atoms with Gasteiger partial charge in [0.15, 0.2) is 12.1 Å². The average Bonchev–Trinajstić information content (AvgIpc) is 2.70. The summed E-state index contributed by atoms with van der Waals surface area (Å²) < 4.78 is 25.3. The predicted molar refractivity (Wildman–Crippen MR) is 53.1 cm³/mol. The van der Waals surface area contributed by atoms with E-state index in [4.69, 9.17) is 18.9 Å². The molecule has 17 heavy (non-hydrogen) atoms. The molecule has 0 aromatic carbocycles. The SMILES string of the molecule is COC(=O)OC[C@@H]1O[C@@H]2OC(C)(C)O[C@@H]2[C@H]1O. The zero-order chi connectivity index (χ0) is 12.6. The van der Waals surface area contributed by atoms with E-state index in [0.29, 0.717) is 0 Å². The van der Waals surface area contributed by atoms with Crippen LogP contribution in [-0.2, 0) is 23.7 Å². The molecule has 98 valence electrons. The number of aliphatic hydroxyl groups is 1. The Morgan fingerprint density at radius 3 is 2.71 bits per heavy atom. The van der Waals surface area contributed by atoms with Gasteiger partial charge in [0.05, 0.1) is 7.11 Å². The Balaban J connectivity index is 1.87. The standard InChI is InChI=1S/C10H16O7/c1-10(2)16-7-6(11)5(15-8(7)17-10)4-14-9(12)13-3/h5-8,11H,4H2,1-3H3/t5-,6-,7+,8+/m0/s1. The molecular formula is C10H16O7. The highest BCUT2D eigenvalue weighted by Gasteiger charge is 2.54. The first kappa shape index (κ1) is 12.6. The maximum absolute atomic E-state index is 10.8. The topological polar surface area (TPSA) is 83.5 Å². The molecule has 0 aromatic rings. The molecule has 0 amide bonds. The number of carbonyl (C=O) groups excluding carboxylic acids is 1. The summed E-state index contributed by atoms with van der Waals surface area (Å²) in [6, 6.07) is 0. The lowest BCUT2D eigenvalue weighted by Crippen LogP contribution is -2.37. The van der Waals surface area contributed by atoms with E-state index < -0.39 is 36.5 Å². The average molecular weight is 248 g/mol. The van der Waals surface area contributed by atoms with Gasteiger partial charge in [0.2, 0.25) is 0 Å². The smallest absolute Gasteiger partial charge is 0.438 e. The van der Waals surface area contributed by atoms with Crippen molar-refractivity contribution in [2.75, 3.05) is 13.7 Å². The second kappa shape index (κ2) is 4.41. The quantitative estimate of drug-likeness (QED) is 0.689. The molecule has 0 bridgehead atoms. The van der Waals surface area contributed by atoms with Gasteiger partial charge >= 0.3 is 6.16 Å². The number of fused-ring (bicyclic) bond motifs is 1. The number of hydrogen-bond donors (Lipinski definition) is 1. The van der Waals surface area contributed by atoms with Gasteiger partial charge in [0.25, 0.3) is 0 Å². The van der Waals surface area contributed by atoms with E-state index in [1.807, 2.05) is 0 Å². The highest BCUT2D eigenvalue weighted by Crippen LogP contribution is 2.37. The highest BCUT2D eigenvalue weighted by atomic mass is 16.8. The Labute approximate surface area is 98.5 Å². The summed E-state index contributed by atoms with van der Waals surface area (Å²) in [6.07, 6.45) is -3.57. The number of carbonyl (C=O) groups is 1. The molecule has 0 spiro atoms. The van der Waals surface area contributed by atoms with Crippen LogP contribution in [0.3, 0.4) is 0 Å². The van der Waals surface area contributed by atoms with E-state index in [-0.39, 0.29) is 6.61 Å². The minimum atomic E-state index is -0.897. The molecule has 0 aromatic heterocycles. The second-order valence-corrected chi connectivity index (χ2v) is 4.40. The summed E-state index contributed by atoms with van der Waals surface area (Å²) in [7, 11) is 1.21. The van der Waals surface area contributed by atoms with Gasteiger partial charge in [-0.25, -0.2) is 4.79 Å². The van der Waals surface area contributed by atoms with Gasteiger partial charge in [-0.15, -0.1) is 0 Å². The van der Waals surface area contributed by atoms with E-state index in [2.05, 4.69) is 4.74 Å². The van der Waals surface area contributed by atoms with Gasteiger partial charge in [0.1, 0.15) is 24.9 Å². The minimum absolute atomic E-state index is 0.103. The first-order chi connectivity index (χ1) is 7.93. The first-order valence-electron chi connectivity index (χ1n) is 5.33. The number of ether oxygens (including phenoxy) is 5. The molecule has 7 heteroatoms. The van der Waals surface area contributed by atoms with Gasteiger partial charge in [-0.05, 0) is 13.8 Å². The molecule has 4 atom stereocenters. The second-order valence-electron chi connectivity index (χ2n) is 4.40. The van der Waals surface area contributed by atoms with E-state index in [1.165, 1.54) is 7.11 Å². The van der Waals surface area contributed by atoms with Crippen molar-refractivity contribution in [2.24, 2.45) is 0 Å². The van der Waals surface area contributed by atoms with E-state index in [9.17, 15) is 9.90 Å². The summed E-state index contributed by atoms with van der Waals surface area (Å²) >= 11 is 0. The summed E-state index contributed by atoms with van der Waals surface area (Å²) in [6.45, 7) is 3.37. The molecule has 0 saturated carbocycles. The molecule has 2 fully saturated rings. The van der Waals surface area contributed by atoms with Crippen molar-refractivity contribution in [1.82, 2.24) is 0 Å². The van der Waals surface area contributed by atoms with Crippen LogP contribution in [0.25, 0.3) is 0 Å². The van der Waals surface area contributed by atoms with Crippen molar-refractivity contribution < 1.29 is 33.6 Å². The molecule has 2 aliphatic heterocycles. The molecule has 0 aliphatic carbocycles. The zero-order valence-corrected chi connectivity index (χ0v) is 9.91. The van der Waals surface area contributed by atoms with Crippen LogP contribution in [-0.4, -0.2) is 55.4 Å². The summed E-state index contributed by atoms with van der Waals surface area (Å²) in [5.41, 5.74) is 0. The van der Waals surface area contributed by atoms with Crippen molar-refractivity contribution in [1.29, 1.82) is 0 Å². The van der Waals surface area contributed by atoms with Crippen LogP contribution in [0.1, 0.15) is 13.8 Å². The number of hydrogen-bond acceptors (Lipinski definition) is 7. The highest BCUT2D eigenvalue weighted by molar-refractivity contribution is 5.59. The number of aliphatic hydroxyl groups excluding tert-OH is 1. The van der Waals surface area contributed by atoms with Gasteiger partial charge in [-0.1, -0.05) is 0 Å². The van der Waals surface area contributed by atoms with Gasteiger partial charge < -0.3 is 28.8 Å². The Hall–Kier alpha value is -0.890.